The van der Waals surface area contributed by atoms with E-state index in [2.05, 4.69) is 15.6 Å². The number of hydrogen-bond acceptors (Lipinski definition) is 7. The first-order valence-corrected chi connectivity index (χ1v) is 14.6. The van der Waals surface area contributed by atoms with Crippen LogP contribution in [0, 0.1) is 12.7 Å². The molecule has 3 saturated heterocycles. The molecule has 6 rings (SSSR count). The van der Waals surface area contributed by atoms with E-state index in [9.17, 15) is 14.0 Å². The van der Waals surface area contributed by atoms with E-state index in [-0.39, 0.29) is 29.8 Å². The molecule has 2 atom stereocenters. The predicted molar refractivity (Wildman–Crippen MR) is 156 cm³/mol. The quantitative estimate of drug-likeness (QED) is 0.448. The number of carbonyl (C=O) groups is 2. The van der Waals surface area contributed by atoms with Crippen LogP contribution in [0.3, 0.4) is 0 Å². The molecule has 2 amide bonds. The predicted octanol–water partition coefficient (Wildman–Crippen LogP) is 3.28. The highest BCUT2D eigenvalue weighted by atomic mass is 19.1. The van der Waals surface area contributed by atoms with E-state index >= 15 is 0 Å². The van der Waals surface area contributed by atoms with Crippen molar-refractivity contribution >= 4 is 11.8 Å². The van der Waals surface area contributed by atoms with Crippen molar-refractivity contribution in [2.24, 2.45) is 0 Å². The molecule has 2 aromatic carbocycles. The second-order valence-electron chi connectivity index (χ2n) is 11.2. The molecule has 3 fully saturated rings. The standard InChI is InChI=1S/C32H36FN5O4/c1-21-14-23(16-28(15-21)41-26-6-8-34-19-26)31(39)37-10-12-38(13-11-37)32(40)24-17-29(22-2-4-25(33)5-3-22)30(36-18-24)42-27-7-9-35-20-27/h2-5,14-18,26-27,34-35H,6-13,19-20H2,1H3/t26-,27-/m0/s1. The summed E-state index contributed by atoms with van der Waals surface area (Å²) in [5.74, 6) is 0.566. The number of amides is 2. The van der Waals surface area contributed by atoms with Gasteiger partial charge in [-0.3, -0.25) is 9.59 Å². The van der Waals surface area contributed by atoms with Crippen LogP contribution >= 0.6 is 0 Å². The lowest BCUT2D eigenvalue weighted by atomic mass is 10.0. The lowest BCUT2D eigenvalue weighted by molar-refractivity contribution is 0.0535. The maximum atomic E-state index is 13.6. The van der Waals surface area contributed by atoms with Gasteiger partial charge in [-0.2, -0.15) is 0 Å². The Morgan fingerprint density at radius 2 is 1.45 bits per heavy atom. The smallest absolute Gasteiger partial charge is 0.255 e. The third-order valence-electron chi connectivity index (χ3n) is 8.02. The van der Waals surface area contributed by atoms with Gasteiger partial charge in [0.05, 0.1) is 5.56 Å². The molecule has 0 spiro atoms. The topological polar surface area (TPSA) is 96.0 Å². The number of rotatable bonds is 7. The van der Waals surface area contributed by atoms with Crippen LogP contribution in [-0.2, 0) is 0 Å². The number of aryl methyl sites for hydroxylation is 1. The molecule has 2 N–H and O–H groups in total. The van der Waals surface area contributed by atoms with E-state index in [1.807, 2.05) is 25.1 Å². The van der Waals surface area contributed by atoms with Crippen LogP contribution in [0.15, 0.2) is 54.7 Å². The molecule has 4 heterocycles. The molecular weight excluding hydrogens is 537 g/mol. The molecule has 9 nitrogen and oxygen atoms in total. The van der Waals surface area contributed by atoms with E-state index < -0.39 is 0 Å². The van der Waals surface area contributed by atoms with Crippen LogP contribution in [0.25, 0.3) is 11.1 Å². The Kier molecular flexibility index (Phi) is 8.34. The summed E-state index contributed by atoms with van der Waals surface area (Å²) in [6.45, 7) is 6.97. The maximum Gasteiger partial charge on any atom is 0.255 e. The zero-order valence-corrected chi connectivity index (χ0v) is 23.8. The molecule has 0 bridgehead atoms. The van der Waals surface area contributed by atoms with Crippen molar-refractivity contribution in [3.05, 3.63) is 77.2 Å². The number of piperazine rings is 1. The van der Waals surface area contributed by atoms with Gasteiger partial charge in [0.2, 0.25) is 5.88 Å². The highest BCUT2D eigenvalue weighted by Crippen LogP contribution is 2.31. The normalized spacial score (nSPS) is 20.5. The number of hydrogen-bond donors (Lipinski definition) is 2. The molecule has 3 aliphatic heterocycles. The molecule has 0 aliphatic carbocycles. The van der Waals surface area contributed by atoms with Crippen LogP contribution in [0.5, 0.6) is 11.6 Å². The molecular formula is C32H36FN5O4. The lowest BCUT2D eigenvalue weighted by Gasteiger charge is -2.35. The number of benzene rings is 2. The van der Waals surface area contributed by atoms with Crippen molar-refractivity contribution in [3.63, 3.8) is 0 Å². The first kappa shape index (κ1) is 28.1. The highest BCUT2D eigenvalue weighted by Gasteiger charge is 2.28. The average molecular weight is 574 g/mol. The summed E-state index contributed by atoms with van der Waals surface area (Å²) in [5, 5.41) is 6.57. The Hall–Kier alpha value is -4.02. The number of halogens is 1. The Labute approximate surface area is 245 Å². The van der Waals surface area contributed by atoms with Crippen molar-refractivity contribution < 1.29 is 23.5 Å². The summed E-state index contributed by atoms with van der Waals surface area (Å²) in [5.41, 5.74) is 3.36. The van der Waals surface area contributed by atoms with Crippen LogP contribution in [0.1, 0.15) is 39.1 Å². The summed E-state index contributed by atoms with van der Waals surface area (Å²) >= 11 is 0. The zero-order chi connectivity index (χ0) is 29.1. The summed E-state index contributed by atoms with van der Waals surface area (Å²) in [7, 11) is 0. The third kappa shape index (κ3) is 6.39. The second kappa shape index (κ2) is 12.5. The van der Waals surface area contributed by atoms with E-state index in [4.69, 9.17) is 9.47 Å². The number of carbonyl (C=O) groups excluding carboxylic acids is 2. The molecule has 3 aromatic rings. The SMILES string of the molecule is Cc1cc(O[C@H]2CCNC2)cc(C(=O)N2CCN(C(=O)c3cnc(O[C@H]4CCNC4)c(-c4ccc(F)cc4)c3)CC2)c1. The summed E-state index contributed by atoms with van der Waals surface area (Å²) in [6.07, 6.45) is 3.45. The minimum atomic E-state index is -0.339. The summed E-state index contributed by atoms with van der Waals surface area (Å²) < 4.78 is 25.9. The molecule has 0 unspecified atom stereocenters. The first-order valence-electron chi connectivity index (χ1n) is 14.6. The van der Waals surface area contributed by atoms with E-state index in [0.717, 1.165) is 50.1 Å². The van der Waals surface area contributed by atoms with Crippen molar-refractivity contribution in [3.8, 4) is 22.8 Å². The maximum absolute atomic E-state index is 13.6. The van der Waals surface area contributed by atoms with Gasteiger partial charge in [-0.1, -0.05) is 12.1 Å². The first-order chi connectivity index (χ1) is 20.4. The largest absolute Gasteiger partial charge is 0.489 e. The lowest BCUT2D eigenvalue weighted by Crippen LogP contribution is -2.50. The molecule has 0 saturated carbocycles. The Bertz CT molecular complexity index is 1430. The van der Waals surface area contributed by atoms with Crippen molar-refractivity contribution in [2.75, 3.05) is 52.4 Å². The van der Waals surface area contributed by atoms with Gasteiger partial charge in [0, 0.05) is 56.6 Å². The number of ether oxygens (including phenoxy) is 2. The molecule has 3 aliphatic rings. The average Bonchev–Trinajstić information content (AvgIpc) is 3.72. The minimum absolute atomic E-state index is 0.0142. The van der Waals surface area contributed by atoms with Gasteiger partial charge in [0.25, 0.3) is 11.8 Å². The van der Waals surface area contributed by atoms with Crippen LogP contribution in [0.2, 0.25) is 0 Å². The van der Waals surface area contributed by atoms with Gasteiger partial charge >= 0.3 is 0 Å². The molecule has 1 aromatic heterocycles. The Balaban J connectivity index is 1.13. The fourth-order valence-electron chi connectivity index (χ4n) is 5.72. The number of aromatic nitrogens is 1. The minimum Gasteiger partial charge on any atom is -0.489 e. The van der Waals surface area contributed by atoms with Crippen LogP contribution < -0.4 is 20.1 Å². The highest BCUT2D eigenvalue weighted by molar-refractivity contribution is 5.97. The molecule has 42 heavy (non-hydrogen) atoms. The number of nitrogens with one attached hydrogen (secondary N) is 2. The molecule has 0 radical (unpaired) electrons. The van der Waals surface area contributed by atoms with E-state index in [1.165, 1.54) is 12.1 Å². The van der Waals surface area contributed by atoms with Gasteiger partial charge in [0.15, 0.2) is 0 Å². The monoisotopic (exact) mass is 573 g/mol. The zero-order valence-electron chi connectivity index (χ0n) is 23.8. The summed E-state index contributed by atoms with van der Waals surface area (Å²) in [4.78, 5) is 35.0. The van der Waals surface area contributed by atoms with Crippen molar-refractivity contribution in [2.45, 2.75) is 32.0 Å². The summed E-state index contributed by atoms with van der Waals surface area (Å²) in [6, 6.07) is 13.5. The third-order valence-corrected chi connectivity index (χ3v) is 8.02. The van der Waals surface area contributed by atoms with Gasteiger partial charge < -0.3 is 29.9 Å². The second-order valence-corrected chi connectivity index (χ2v) is 11.2. The fraction of sp³-hybridized carbons (Fsp3) is 0.406. The number of pyridine rings is 1. The number of nitrogens with zero attached hydrogens (tertiary/aromatic N) is 3. The van der Waals surface area contributed by atoms with E-state index in [1.54, 1.807) is 34.2 Å². The Morgan fingerprint density at radius 1 is 0.833 bits per heavy atom. The van der Waals surface area contributed by atoms with Gasteiger partial charge in [-0.05, 0) is 80.4 Å². The van der Waals surface area contributed by atoms with Gasteiger partial charge in [0.1, 0.15) is 23.8 Å². The fourth-order valence-corrected chi connectivity index (χ4v) is 5.72. The molecule has 220 valence electrons. The van der Waals surface area contributed by atoms with Gasteiger partial charge in [-0.15, -0.1) is 0 Å². The van der Waals surface area contributed by atoms with Crippen LogP contribution in [-0.4, -0.2) is 91.2 Å². The molecule has 10 heteroatoms. The van der Waals surface area contributed by atoms with E-state index in [0.29, 0.717) is 54.5 Å². The van der Waals surface area contributed by atoms with Crippen molar-refractivity contribution in [1.29, 1.82) is 0 Å². The Morgan fingerprint density at radius 3 is 2.07 bits per heavy atom. The van der Waals surface area contributed by atoms with Crippen LogP contribution in [0.4, 0.5) is 4.39 Å². The van der Waals surface area contributed by atoms with Gasteiger partial charge in [-0.25, -0.2) is 9.37 Å². The van der Waals surface area contributed by atoms with Crippen molar-refractivity contribution in [1.82, 2.24) is 25.4 Å².